The van der Waals surface area contributed by atoms with Gasteiger partial charge in [0.2, 0.25) is 0 Å². The summed E-state index contributed by atoms with van der Waals surface area (Å²) in [6.45, 7) is 2.05. The van der Waals surface area contributed by atoms with Crippen LogP contribution in [-0.2, 0) is 17.7 Å². The summed E-state index contributed by atoms with van der Waals surface area (Å²) < 4.78 is 5.74. The number of benzene rings is 2. The summed E-state index contributed by atoms with van der Waals surface area (Å²) in [4.78, 5) is 10.2. The minimum Gasteiger partial charge on any atom is -0.490 e. The number of fused-ring (bicyclic) bond motifs is 2. The molecule has 3 N–H and O–H groups in total. The summed E-state index contributed by atoms with van der Waals surface area (Å²) in [5.41, 5.74) is 3.27. The SMILES string of the molecule is OC(CNCCc1ccc2c(c1)OOCC2)COc1cccc2[nH]ncc12. The lowest BCUT2D eigenvalue weighted by Crippen LogP contribution is -2.32. The summed E-state index contributed by atoms with van der Waals surface area (Å²) in [7, 11) is 0. The molecule has 142 valence electrons. The number of nitrogens with one attached hydrogen (secondary N) is 2. The van der Waals surface area contributed by atoms with Gasteiger partial charge in [-0.05, 0) is 36.7 Å². The number of H-pyrrole nitrogens is 1. The van der Waals surface area contributed by atoms with Gasteiger partial charge in [0.05, 0.1) is 23.7 Å². The van der Waals surface area contributed by atoms with Crippen LogP contribution in [0.3, 0.4) is 0 Å². The average molecular weight is 369 g/mol. The van der Waals surface area contributed by atoms with E-state index >= 15 is 0 Å². The predicted octanol–water partition coefficient (Wildman–Crippen LogP) is 2.00. The highest BCUT2D eigenvalue weighted by atomic mass is 17.2. The van der Waals surface area contributed by atoms with Crippen molar-refractivity contribution in [2.45, 2.75) is 18.9 Å². The Balaban J connectivity index is 1.20. The predicted molar refractivity (Wildman–Crippen MR) is 101 cm³/mol. The van der Waals surface area contributed by atoms with Crippen LogP contribution in [-0.4, -0.2) is 47.7 Å². The molecule has 4 rings (SSSR count). The third kappa shape index (κ3) is 4.39. The van der Waals surface area contributed by atoms with Crippen molar-refractivity contribution in [2.75, 3.05) is 26.3 Å². The molecule has 1 atom stereocenters. The lowest BCUT2D eigenvalue weighted by Gasteiger charge is -2.16. The minimum atomic E-state index is -0.590. The summed E-state index contributed by atoms with van der Waals surface area (Å²) >= 11 is 0. The quantitative estimate of drug-likeness (QED) is 0.416. The maximum absolute atomic E-state index is 10.1. The zero-order chi connectivity index (χ0) is 18.5. The number of ether oxygens (including phenoxy) is 1. The van der Waals surface area contributed by atoms with Crippen LogP contribution in [0, 0.1) is 0 Å². The molecular formula is C20H23N3O4. The third-order valence-corrected chi connectivity index (χ3v) is 4.58. The second-order valence-corrected chi connectivity index (χ2v) is 6.60. The van der Waals surface area contributed by atoms with E-state index in [1.165, 1.54) is 11.1 Å². The van der Waals surface area contributed by atoms with Crippen molar-refractivity contribution in [2.24, 2.45) is 0 Å². The van der Waals surface area contributed by atoms with Crippen LogP contribution < -0.4 is 14.9 Å². The standard InChI is InChI=1S/C20H23N3O4/c24-16(13-25-19-3-1-2-18-17(19)12-22-23-18)11-21-8-6-14-4-5-15-7-9-26-27-20(15)10-14/h1-5,10,12,16,21,24H,6-9,11,13H2,(H,22,23). The highest BCUT2D eigenvalue weighted by Crippen LogP contribution is 2.25. The van der Waals surface area contributed by atoms with Crippen molar-refractivity contribution in [1.82, 2.24) is 15.5 Å². The van der Waals surface area contributed by atoms with Gasteiger partial charge in [0.25, 0.3) is 0 Å². The first-order chi connectivity index (χ1) is 13.3. The molecule has 0 amide bonds. The molecule has 0 saturated heterocycles. The molecule has 1 unspecified atom stereocenters. The molecule has 1 aliphatic rings. The Bertz CT molecular complexity index is 896. The van der Waals surface area contributed by atoms with Crippen molar-refractivity contribution in [3.05, 3.63) is 53.7 Å². The molecule has 3 aromatic rings. The van der Waals surface area contributed by atoms with Crippen LogP contribution >= 0.6 is 0 Å². The first-order valence-electron chi connectivity index (χ1n) is 9.14. The molecule has 0 fully saturated rings. The Labute approximate surface area is 157 Å². The first-order valence-corrected chi connectivity index (χ1v) is 9.14. The van der Waals surface area contributed by atoms with Gasteiger partial charge in [0.1, 0.15) is 18.5 Å². The first kappa shape index (κ1) is 17.8. The smallest absolute Gasteiger partial charge is 0.168 e. The number of hydrogen-bond donors (Lipinski definition) is 3. The average Bonchev–Trinajstić information content (AvgIpc) is 3.19. The van der Waals surface area contributed by atoms with E-state index in [4.69, 9.17) is 14.5 Å². The van der Waals surface area contributed by atoms with Gasteiger partial charge >= 0.3 is 0 Å². The maximum Gasteiger partial charge on any atom is 0.168 e. The van der Waals surface area contributed by atoms with E-state index in [2.05, 4.69) is 27.6 Å². The normalized spacial score (nSPS) is 14.6. The van der Waals surface area contributed by atoms with E-state index in [1.807, 2.05) is 24.3 Å². The summed E-state index contributed by atoms with van der Waals surface area (Å²) in [5.74, 6) is 1.53. The van der Waals surface area contributed by atoms with E-state index in [0.29, 0.717) is 13.2 Å². The largest absolute Gasteiger partial charge is 0.490 e. The van der Waals surface area contributed by atoms with Crippen molar-refractivity contribution < 1.29 is 19.6 Å². The molecule has 0 saturated carbocycles. The van der Waals surface area contributed by atoms with E-state index in [-0.39, 0.29) is 6.61 Å². The second kappa shape index (κ2) is 8.39. The summed E-state index contributed by atoms with van der Waals surface area (Å²) in [5, 5.41) is 21.2. The highest BCUT2D eigenvalue weighted by Gasteiger charge is 2.12. The van der Waals surface area contributed by atoms with E-state index < -0.39 is 6.10 Å². The Morgan fingerprint density at radius 2 is 2.26 bits per heavy atom. The van der Waals surface area contributed by atoms with Crippen LogP contribution in [0.5, 0.6) is 11.5 Å². The molecule has 0 radical (unpaired) electrons. The molecule has 2 heterocycles. The lowest BCUT2D eigenvalue weighted by atomic mass is 10.1. The van der Waals surface area contributed by atoms with Crippen molar-refractivity contribution in [3.63, 3.8) is 0 Å². The molecule has 0 bridgehead atoms. The number of aromatic amines is 1. The van der Waals surface area contributed by atoms with Gasteiger partial charge in [-0.1, -0.05) is 18.2 Å². The Kier molecular flexibility index (Phi) is 5.53. The Morgan fingerprint density at radius 3 is 3.22 bits per heavy atom. The molecule has 7 nitrogen and oxygen atoms in total. The van der Waals surface area contributed by atoms with Gasteiger partial charge < -0.3 is 20.0 Å². The Morgan fingerprint density at radius 1 is 1.30 bits per heavy atom. The summed E-state index contributed by atoms with van der Waals surface area (Å²) in [6, 6.07) is 11.9. The van der Waals surface area contributed by atoms with E-state index in [0.717, 1.165) is 41.8 Å². The molecular weight excluding hydrogens is 346 g/mol. The van der Waals surface area contributed by atoms with Gasteiger partial charge in [0.15, 0.2) is 5.75 Å². The maximum atomic E-state index is 10.1. The molecule has 0 aliphatic carbocycles. The number of rotatable bonds is 8. The van der Waals surface area contributed by atoms with Crippen LogP contribution in [0.1, 0.15) is 11.1 Å². The van der Waals surface area contributed by atoms with Gasteiger partial charge in [0, 0.05) is 18.5 Å². The third-order valence-electron chi connectivity index (χ3n) is 4.58. The number of aliphatic hydroxyl groups is 1. The fourth-order valence-electron chi connectivity index (χ4n) is 3.11. The van der Waals surface area contributed by atoms with Crippen molar-refractivity contribution in [1.29, 1.82) is 0 Å². The fourth-order valence-corrected chi connectivity index (χ4v) is 3.11. The minimum absolute atomic E-state index is 0.224. The number of nitrogens with zero attached hydrogens (tertiary/aromatic N) is 1. The topological polar surface area (TPSA) is 88.6 Å². The van der Waals surface area contributed by atoms with E-state index in [1.54, 1.807) is 6.20 Å². The monoisotopic (exact) mass is 369 g/mol. The molecule has 27 heavy (non-hydrogen) atoms. The number of hydrogen-bond acceptors (Lipinski definition) is 6. The lowest BCUT2D eigenvalue weighted by molar-refractivity contribution is -0.215. The van der Waals surface area contributed by atoms with E-state index in [9.17, 15) is 5.11 Å². The number of aliphatic hydroxyl groups excluding tert-OH is 1. The Hall–Kier alpha value is -2.61. The van der Waals surface area contributed by atoms with Crippen LogP contribution in [0.15, 0.2) is 42.6 Å². The molecule has 2 aromatic carbocycles. The van der Waals surface area contributed by atoms with Gasteiger partial charge in [-0.2, -0.15) is 9.99 Å². The van der Waals surface area contributed by atoms with Crippen LogP contribution in [0.25, 0.3) is 10.9 Å². The molecule has 1 aromatic heterocycles. The van der Waals surface area contributed by atoms with Crippen LogP contribution in [0.2, 0.25) is 0 Å². The van der Waals surface area contributed by atoms with Crippen molar-refractivity contribution in [3.8, 4) is 11.5 Å². The number of aromatic nitrogens is 2. The summed E-state index contributed by atoms with van der Waals surface area (Å²) in [6.07, 6.45) is 2.86. The fraction of sp³-hybridized carbons (Fsp3) is 0.350. The molecule has 1 aliphatic heterocycles. The van der Waals surface area contributed by atoms with Gasteiger partial charge in [-0.15, -0.1) is 0 Å². The zero-order valence-electron chi connectivity index (χ0n) is 15.0. The zero-order valence-corrected chi connectivity index (χ0v) is 15.0. The van der Waals surface area contributed by atoms with Crippen LogP contribution in [0.4, 0.5) is 0 Å². The van der Waals surface area contributed by atoms with Gasteiger partial charge in [-0.3, -0.25) is 5.10 Å². The highest BCUT2D eigenvalue weighted by molar-refractivity contribution is 5.84. The second-order valence-electron chi connectivity index (χ2n) is 6.60. The molecule has 7 heteroatoms. The van der Waals surface area contributed by atoms with Gasteiger partial charge in [-0.25, -0.2) is 0 Å². The molecule has 0 spiro atoms. The van der Waals surface area contributed by atoms with Crippen molar-refractivity contribution >= 4 is 10.9 Å².